The zero-order valence-electron chi connectivity index (χ0n) is 18.2. The second-order valence-corrected chi connectivity index (χ2v) is 10.5. The number of anilines is 1. The van der Waals surface area contributed by atoms with Crippen molar-refractivity contribution >= 4 is 72.1 Å². The van der Waals surface area contributed by atoms with E-state index in [0.717, 1.165) is 0 Å². The van der Waals surface area contributed by atoms with Crippen molar-refractivity contribution in [3.8, 4) is 0 Å². The number of nitrogens with zero attached hydrogens (tertiary/aromatic N) is 1. The number of Topliss-reactive ketones (excluding diaryl/α,β-unsaturated/α-hetero) is 2. The lowest BCUT2D eigenvalue weighted by atomic mass is 9.76. The largest absolute Gasteiger partial charge is 0.371 e. The molecule has 1 heterocycles. The van der Waals surface area contributed by atoms with Crippen molar-refractivity contribution in [2.75, 3.05) is 5.32 Å². The van der Waals surface area contributed by atoms with Crippen molar-refractivity contribution in [2.45, 2.75) is 6.04 Å². The number of halogens is 2. The Kier molecular flexibility index (Phi) is 4.41. The number of benzene rings is 3. The lowest BCUT2D eigenvalue weighted by molar-refractivity contribution is 0.0975. The molecule has 3 aliphatic carbocycles. The maximum absolute atomic E-state index is 13.6. The number of hydrogen-bond donors (Lipinski definition) is 1. The SMILES string of the molecule is O=C1C2=C(C(=O)c3ccccc31)C1Nc3ccc4c(c3N=C1C=C2)C(=O)c1ccc(Br)c(Br)c1C4=O. The van der Waals surface area contributed by atoms with Crippen molar-refractivity contribution in [2.24, 2.45) is 4.99 Å². The van der Waals surface area contributed by atoms with E-state index in [-0.39, 0.29) is 34.3 Å². The average molecular weight is 600 g/mol. The smallest absolute Gasteiger partial charge is 0.196 e. The van der Waals surface area contributed by atoms with Crippen LogP contribution >= 0.6 is 31.9 Å². The van der Waals surface area contributed by atoms with Crippen LogP contribution in [0, 0.1) is 0 Å². The molecule has 1 aliphatic heterocycles. The van der Waals surface area contributed by atoms with Crippen LogP contribution in [0.4, 0.5) is 11.4 Å². The van der Waals surface area contributed by atoms with E-state index in [9.17, 15) is 19.2 Å². The van der Waals surface area contributed by atoms with Gasteiger partial charge >= 0.3 is 0 Å². The van der Waals surface area contributed by atoms with Gasteiger partial charge in [-0.05, 0) is 68.3 Å². The van der Waals surface area contributed by atoms with Gasteiger partial charge < -0.3 is 5.32 Å². The average Bonchev–Trinajstić information content (AvgIpc) is 2.89. The lowest BCUT2D eigenvalue weighted by Crippen LogP contribution is -2.41. The Morgan fingerprint density at radius 1 is 0.694 bits per heavy atom. The first kappa shape index (κ1) is 21.5. The van der Waals surface area contributed by atoms with Gasteiger partial charge in [-0.3, -0.25) is 19.2 Å². The van der Waals surface area contributed by atoms with Crippen LogP contribution in [0.25, 0.3) is 0 Å². The standard InChI is InChI=1S/C28H12Br2N2O4/c29-16-8-5-13-19(22(16)30)27(35)15-7-10-18-24(21(15)28(13)36)32-17-9-6-14-20(23(17)31-18)26(34)12-4-2-1-3-11(12)25(14)33/h1-10,23,31H. The van der Waals surface area contributed by atoms with Crippen molar-refractivity contribution in [1.82, 2.24) is 0 Å². The van der Waals surface area contributed by atoms with Crippen LogP contribution in [0.2, 0.25) is 0 Å². The summed E-state index contributed by atoms with van der Waals surface area (Å²) >= 11 is 6.83. The van der Waals surface area contributed by atoms with Crippen molar-refractivity contribution in [3.05, 3.63) is 114 Å². The van der Waals surface area contributed by atoms with Gasteiger partial charge in [-0.2, -0.15) is 0 Å². The normalized spacial score (nSPS) is 18.9. The van der Waals surface area contributed by atoms with Crippen LogP contribution in [-0.4, -0.2) is 34.9 Å². The number of fused-ring (bicyclic) bond motifs is 7. The highest BCUT2D eigenvalue weighted by Gasteiger charge is 2.42. The quantitative estimate of drug-likeness (QED) is 0.276. The Bertz CT molecular complexity index is 1760. The summed E-state index contributed by atoms with van der Waals surface area (Å²) < 4.78 is 1.21. The van der Waals surface area contributed by atoms with Crippen LogP contribution < -0.4 is 5.32 Å². The topological polar surface area (TPSA) is 92.7 Å². The molecule has 0 radical (unpaired) electrons. The number of carbonyl (C=O) groups is 4. The van der Waals surface area contributed by atoms with Crippen molar-refractivity contribution in [3.63, 3.8) is 0 Å². The van der Waals surface area contributed by atoms with Gasteiger partial charge in [-0.1, -0.05) is 24.3 Å². The molecule has 0 spiro atoms. The molecule has 0 aromatic heterocycles. The van der Waals surface area contributed by atoms with Crippen molar-refractivity contribution in [1.29, 1.82) is 0 Å². The van der Waals surface area contributed by atoms with Gasteiger partial charge in [0.05, 0.1) is 28.7 Å². The van der Waals surface area contributed by atoms with E-state index < -0.39 is 6.04 Å². The fourth-order valence-electron chi connectivity index (χ4n) is 5.29. The Labute approximate surface area is 221 Å². The first-order valence-corrected chi connectivity index (χ1v) is 12.7. The summed E-state index contributed by atoms with van der Waals surface area (Å²) in [6.07, 6.45) is 3.30. The number of nitrogens with one attached hydrogen (secondary N) is 1. The molecule has 7 rings (SSSR count). The zero-order valence-corrected chi connectivity index (χ0v) is 21.4. The van der Waals surface area contributed by atoms with E-state index in [1.807, 2.05) is 0 Å². The molecule has 1 N–H and O–H groups in total. The van der Waals surface area contributed by atoms with Gasteiger partial charge in [0.1, 0.15) is 0 Å². The third-order valence-electron chi connectivity index (χ3n) is 6.96. The molecule has 8 heteroatoms. The molecule has 0 amide bonds. The second kappa shape index (κ2) is 7.38. The summed E-state index contributed by atoms with van der Waals surface area (Å²) in [5.74, 6) is -1.01. The first-order valence-electron chi connectivity index (χ1n) is 11.1. The molecule has 4 aliphatic rings. The predicted octanol–water partition coefficient (Wildman–Crippen LogP) is 5.80. The number of ketones is 4. The van der Waals surface area contributed by atoms with E-state index in [1.165, 1.54) is 0 Å². The molecular formula is C28H12Br2N2O4. The lowest BCUT2D eigenvalue weighted by Gasteiger charge is -2.34. The highest BCUT2D eigenvalue weighted by atomic mass is 79.9. The molecule has 1 unspecified atom stereocenters. The number of hydrogen-bond acceptors (Lipinski definition) is 6. The van der Waals surface area contributed by atoms with E-state index in [1.54, 1.807) is 60.7 Å². The maximum atomic E-state index is 13.6. The van der Waals surface area contributed by atoms with Gasteiger partial charge in [0.15, 0.2) is 23.1 Å². The van der Waals surface area contributed by atoms with Gasteiger partial charge in [0.25, 0.3) is 0 Å². The number of allylic oxidation sites excluding steroid dienone is 2. The predicted molar refractivity (Wildman–Crippen MR) is 141 cm³/mol. The van der Waals surface area contributed by atoms with Crippen LogP contribution in [0.5, 0.6) is 0 Å². The number of carbonyl (C=O) groups excluding carboxylic acids is 4. The Hall–Kier alpha value is -3.75. The molecule has 36 heavy (non-hydrogen) atoms. The summed E-state index contributed by atoms with van der Waals surface area (Å²) in [5.41, 5.74) is 3.90. The third kappa shape index (κ3) is 2.68. The van der Waals surface area contributed by atoms with Gasteiger partial charge in [0, 0.05) is 47.9 Å². The highest BCUT2D eigenvalue weighted by Crippen LogP contribution is 2.45. The molecule has 172 valence electrons. The summed E-state index contributed by atoms with van der Waals surface area (Å²) in [6, 6.07) is 12.8. The Morgan fingerprint density at radius 2 is 1.36 bits per heavy atom. The highest BCUT2D eigenvalue weighted by molar-refractivity contribution is 9.13. The molecular weight excluding hydrogens is 588 g/mol. The summed E-state index contributed by atoms with van der Waals surface area (Å²) in [7, 11) is 0. The molecule has 1 atom stereocenters. The van der Waals surface area contributed by atoms with E-state index in [4.69, 9.17) is 4.99 Å². The van der Waals surface area contributed by atoms with Crippen LogP contribution in [-0.2, 0) is 0 Å². The van der Waals surface area contributed by atoms with Gasteiger partial charge in [-0.15, -0.1) is 0 Å². The fraction of sp³-hybridized carbons (Fsp3) is 0.0357. The summed E-state index contributed by atoms with van der Waals surface area (Å²) in [6.45, 7) is 0. The molecule has 0 saturated heterocycles. The van der Waals surface area contributed by atoms with Crippen LogP contribution in [0.1, 0.15) is 52.6 Å². The molecule has 0 fully saturated rings. The molecule has 3 aromatic carbocycles. The third-order valence-corrected chi connectivity index (χ3v) is 8.97. The maximum Gasteiger partial charge on any atom is 0.196 e. The second-order valence-electron chi connectivity index (χ2n) is 8.81. The monoisotopic (exact) mass is 598 g/mol. The zero-order chi connectivity index (χ0) is 24.9. The van der Waals surface area contributed by atoms with Crippen LogP contribution in [0.15, 0.2) is 85.8 Å². The Morgan fingerprint density at radius 3 is 2.14 bits per heavy atom. The number of aliphatic imine (C=N–C) groups is 1. The Balaban J connectivity index is 1.38. The number of rotatable bonds is 0. The van der Waals surface area contributed by atoms with Gasteiger partial charge in [0.2, 0.25) is 0 Å². The molecule has 0 bridgehead atoms. The van der Waals surface area contributed by atoms with E-state index in [2.05, 4.69) is 37.2 Å². The van der Waals surface area contributed by atoms with Gasteiger partial charge in [-0.25, -0.2) is 4.99 Å². The van der Waals surface area contributed by atoms with Crippen molar-refractivity contribution < 1.29 is 19.2 Å². The van der Waals surface area contributed by atoms with E-state index >= 15 is 0 Å². The molecule has 6 nitrogen and oxygen atoms in total. The fourth-order valence-corrected chi connectivity index (χ4v) is 6.14. The molecule has 0 saturated carbocycles. The molecule has 3 aromatic rings. The summed E-state index contributed by atoms with van der Waals surface area (Å²) in [4.78, 5) is 58.3. The minimum Gasteiger partial charge on any atom is -0.371 e. The van der Waals surface area contributed by atoms with Crippen LogP contribution in [0.3, 0.4) is 0 Å². The van der Waals surface area contributed by atoms with E-state index in [0.29, 0.717) is 59.4 Å². The summed E-state index contributed by atoms with van der Waals surface area (Å²) in [5, 5.41) is 3.32. The minimum atomic E-state index is -0.646. The first-order chi connectivity index (χ1) is 17.4. The minimum absolute atomic E-state index is 0.206.